The summed E-state index contributed by atoms with van der Waals surface area (Å²) in [6, 6.07) is 20.3. The van der Waals surface area contributed by atoms with Crippen LogP contribution in [0, 0.1) is 0 Å². The number of hydrogen-bond donors (Lipinski definition) is 2. The molecule has 1 aliphatic heterocycles. The van der Waals surface area contributed by atoms with Gasteiger partial charge in [0.2, 0.25) is 0 Å². The summed E-state index contributed by atoms with van der Waals surface area (Å²) >= 11 is 0. The van der Waals surface area contributed by atoms with E-state index in [-0.39, 0.29) is 5.91 Å². The Hall–Kier alpha value is -2.17. The van der Waals surface area contributed by atoms with Gasteiger partial charge in [0.05, 0.1) is 0 Å². The molecule has 2 N–H and O–H groups in total. The van der Waals surface area contributed by atoms with Gasteiger partial charge in [-0.25, -0.2) is 5.43 Å². The molecule has 24 heavy (non-hydrogen) atoms. The lowest BCUT2D eigenvalue weighted by molar-refractivity contribution is 0.0923. The second kappa shape index (κ2) is 8.62. The molecule has 4 heteroatoms. The van der Waals surface area contributed by atoms with Crippen LogP contribution in [0.2, 0.25) is 0 Å². The van der Waals surface area contributed by atoms with Gasteiger partial charge in [-0.2, -0.15) is 0 Å². The molecule has 1 heterocycles. The number of likely N-dealkylation sites (tertiary alicyclic amines) is 1. The van der Waals surface area contributed by atoms with Crippen LogP contribution in [-0.2, 0) is 6.54 Å². The van der Waals surface area contributed by atoms with Crippen LogP contribution in [0.3, 0.4) is 0 Å². The maximum absolute atomic E-state index is 12.1. The molecule has 1 amide bonds. The van der Waals surface area contributed by atoms with Crippen LogP contribution in [0.25, 0.3) is 0 Å². The summed E-state index contributed by atoms with van der Waals surface area (Å²) in [5, 5.41) is 0. The lowest BCUT2D eigenvalue weighted by Gasteiger charge is -2.20. The Bertz CT molecular complexity index is 630. The molecule has 0 saturated carbocycles. The Morgan fingerprint density at radius 1 is 0.958 bits per heavy atom. The number of carbonyl (C=O) groups is 1. The van der Waals surface area contributed by atoms with Gasteiger partial charge in [0.1, 0.15) is 0 Å². The van der Waals surface area contributed by atoms with Gasteiger partial charge in [-0.3, -0.25) is 15.1 Å². The lowest BCUT2D eigenvalue weighted by atomic mass is 10.1. The highest BCUT2D eigenvalue weighted by Gasteiger charge is 2.17. The Balaban J connectivity index is 1.45. The Kier molecular flexibility index (Phi) is 5.99. The smallest absolute Gasteiger partial charge is 0.265 e. The zero-order valence-electron chi connectivity index (χ0n) is 13.9. The highest BCUT2D eigenvalue weighted by atomic mass is 16.2. The molecule has 0 bridgehead atoms. The molecular formula is C20H25N3O. The molecule has 126 valence electrons. The van der Waals surface area contributed by atoms with E-state index in [0.717, 1.165) is 38.9 Å². The van der Waals surface area contributed by atoms with E-state index in [1.165, 1.54) is 5.56 Å². The molecule has 4 nitrogen and oxygen atoms in total. The predicted molar refractivity (Wildman–Crippen MR) is 96.4 cm³/mol. The summed E-state index contributed by atoms with van der Waals surface area (Å²) in [6.45, 7) is 3.16. The second-order valence-electron chi connectivity index (χ2n) is 6.35. The molecule has 1 unspecified atom stereocenters. The molecule has 2 aromatic rings. The molecule has 0 aliphatic carbocycles. The average Bonchev–Trinajstić information content (AvgIpc) is 2.86. The molecule has 1 atom stereocenters. The van der Waals surface area contributed by atoms with Crippen molar-refractivity contribution in [3.8, 4) is 0 Å². The van der Waals surface area contributed by atoms with Crippen molar-refractivity contribution in [3.05, 3.63) is 71.8 Å². The van der Waals surface area contributed by atoms with Gasteiger partial charge < -0.3 is 0 Å². The Morgan fingerprint density at radius 3 is 2.42 bits per heavy atom. The van der Waals surface area contributed by atoms with Crippen molar-refractivity contribution in [2.45, 2.75) is 31.8 Å². The Morgan fingerprint density at radius 2 is 1.67 bits per heavy atom. The molecule has 0 aromatic heterocycles. The molecule has 2 aromatic carbocycles. The van der Waals surface area contributed by atoms with Gasteiger partial charge in [0.15, 0.2) is 0 Å². The summed E-state index contributed by atoms with van der Waals surface area (Å²) in [5.74, 6) is -0.0685. The maximum Gasteiger partial charge on any atom is 0.265 e. The monoisotopic (exact) mass is 323 g/mol. The van der Waals surface area contributed by atoms with E-state index in [9.17, 15) is 4.79 Å². The van der Waals surface area contributed by atoms with Crippen molar-refractivity contribution in [2.75, 3.05) is 13.1 Å². The lowest BCUT2D eigenvalue weighted by Crippen LogP contribution is -2.44. The van der Waals surface area contributed by atoms with E-state index >= 15 is 0 Å². The van der Waals surface area contributed by atoms with Crippen LogP contribution in [0.4, 0.5) is 0 Å². The van der Waals surface area contributed by atoms with Gasteiger partial charge in [0, 0.05) is 24.7 Å². The molecule has 1 fully saturated rings. The van der Waals surface area contributed by atoms with Gasteiger partial charge in [-0.05, 0) is 43.5 Å². The first-order valence-corrected chi connectivity index (χ1v) is 8.68. The van der Waals surface area contributed by atoms with Gasteiger partial charge >= 0.3 is 0 Å². The zero-order valence-corrected chi connectivity index (χ0v) is 13.9. The van der Waals surface area contributed by atoms with Gasteiger partial charge in [-0.15, -0.1) is 0 Å². The van der Waals surface area contributed by atoms with Gasteiger partial charge in [0.25, 0.3) is 5.91 Å². The van der Waals surface area contributed by atoms with Crippen molar-refractivity contribution in [2.24, 2.45) is 0 Å². The summed E-state index contributed by atoms with van der Waals surface area (Å²) in [6.07, 6.45) is 3.27. The van der Waals surface area contributed by atoms with E-state index in [4.69, 9.17) is 0 Å². The number of hydrogen-bond acceptors (Lipinski definition) is 3. The highest BCUT2D eigenvalue weighted by molar-refractivity contribution is 5.93. The van der Waals surface area contributed by atoms with Crippen LogP contribution in [0.15, 0.2) is 60.7 Å². The minimum Gasteiger partial charge on any atom is -0.299 e. The number of benzene rings is 2. The molecular weight excluding hydrogens is 298 g/mol. The summed E-state index contributed by atoms with van der Waals surface area (Å²) in [5.41, 5.74) is 8.12. The van der Waals surface area contributed by atoms with Crippen LogP contribution in [-0.4, -0.2) is 29.9 Å². The number of rotatable bonds is 5. The minimum absolute atomic E-state index is 0.0685. The number of amides is 1. The van der Waals surface area contributed by atoms with Crippen molar-refractivity contribution in [1.29, 1.82) is 0 Å². The average molecular weight is 323 g/mol. The minimum atomic E-state index is -0.0685. The maximum atomic E-state index is 12.1. The van der Waals surface area contributed by atoms with Crippen LogP contribution in [0.5, 0.6) is 0 Å². The fourth-order valence-electron chi connectivity index (χ4n) is 3.13. The zero-order chi connectivity index (χ0) is 16.6. The van der Waals surface area contributed by atoms with Crippen molar-refractivity contribution >= 4 is 5.91 Å². The van der Waals surface area contributed by atoms with Crippen LogP contribution in [0.1, 0.15) is 35.2 Å². The first-order valence-electron chi connectivity index (χ1n) is 8.68. The predicted octanol–water partition coefficient (Wildman–Crippen LogP) is 2.98. The Labute approximate surface area is 143 Å². The third kappa shape index (κ3) is 4.91. The van der Waals surface area contributed by atoms with Gasteiger partial charge in [-0.1, -0.05) is 48.5 Å². The van der Waals surface area contributed by atoms with E-state index in [2.05, 4.69) is 46.1 Å². The highest BCUT2D eigenvalue weighted by Crippen LogP contribution is 2.13. The largest absolute Gasteiger partial charge is 0.299 e. The first kappa shape index (κ1) is 16.7. The molecule has 0 spiro atoms. The van der Waals surface area contributed by atoms with Crippen molar-refractivity contribution < 1.29 is 4.79 Å². The fourth-order valence-corrected chi connectivity index (χ4v) is 3.13. The second-order valence-corrected chi connectivity index (χ2v) is 6.35. The fraction of sp³-hybridized carbons (Fsp3) is 0.350. The third-order valence-corrected chi connectivity index (χ3v) is 4.50. The molecule has 1 aliphatic rings. The normalized spacial score (nSPS) is 18.8. The molecule has 0 radical (unpaired) electrons. The van der Waals surface area contributed by atoms with E-state index < -0.39 is 0 Å². The van der Waals surface area contributed by atoms with Crippen LogP contribution >= 0.6 is 0 Å². The van der Waals surface area contributed by atoms with Crippen LogP contribution < -0.4 is 10.9 Å². The quantitative estimate of drug-likeness (QED) is 0.832. The standard InChI is InChI=1S/C20H25N3O/c24-20(18-10-5-2-6-11-18)22-21-19-12-7-14-23(15-13-19)16-17-8-3-1-4-9-17/h1-6,8-11,19,21H,7,12-16H2,(H,22,24). The molecule has 1 saturated heterocycles. The number of nitrogens with one attached hydrogen (secondary N) is 2. The van der Waals surface area contributed by atoms with E-state index in [1.54, 1.807) is 0 Å². The number of carbonyl (C=O) groups excluding carboxylic acids is 1. The van der Waals surface area contributed by atoms with Crippen molar-refractivity contribution in [3.63, 3.8) is 0 Å². The number of nitrogens with zero attached hydrogens (tertiary/aromatic N) is 1. The summed E-state index contributed by atoms with van der Waals surface area (Å²) < 4.78 is 0. The van der Waals surface area contributed by atoms with Crippen molar-refractivity contribution in [1.82, 2.24) is 15.8 Å². The van der Waals surface area contributed by atoms with E-state index in [0.29, 0.717) is 11.6 Å². The van der Waals surface area contributed by atoms with E-state index in [1.807, 2.05) is 30.3 Å². The third-order valence-electron chi connectivity index (χ3n) is 4.50. The SMILES string of the molecule is O=C(NNC1CCCN(Cc2ccccc2)CC1)c1ccccc1. The topological polar surface area (TPSA) is 44.4 Å². The molecule has 3 rings (SSSR count). The summed E-state index contributed by atoms with van der Waals surface area (Å²) in [7, 11) is 0. The first-order chi connectivity index (χ1) is 11.8. The summed E-state index contributed by atoms with van der Waals surface area (Å²) in [4.78, 5) is 14.6. The number of hydrazine groups is 1.